The van der Waals surface area contributed by atoms with Crippen molar-refractivity contribution in [1.82, 2.24) is 4.90 Å². The molecule has 3 rings (SSSR count). The van der Waals surface area contributed by atoms with Crippen molar-refractivity contribution in [2.24, 2.45) is 0 Å². The third-order valence-corrected chi connectivity index (χ3v) is 6.46. The first-order chi connectivity index (χ1) is 14.8. The lowest BCUT2D eigenvalue weighted by Gasteiger charge is -2.14. The fraction of sp³-hybridized carbons (Fsp3) is 0.217. The highest BCUT2D eigenvalue weighted by atomic mass is 35.5. The lowest BCUT2D eigenvalue weighted by Crippen LogP contribution is -2.27. The summed E-state index contributed by atoms with van der Waals surface area (Å²) >= 11 is 19.1. The first kappa shape index (κ1) is 23.7. The normalized spacial score (nSPS) is 15.0. The van der Waals surface area contributed by atoms with E-state index in [1.807, 2.05) is 25.1 Å². The number of amides is 1. The van der Waals surface area contributed by atoms with Gasteiger partial charge in [0, 0.05) is 17.1 Å². The Morgan fingerprint density at radius 2 is 1.87 bits per heavy atom. The average Bonchev–Trinajstić information content (AvgIpc) is 2.97. The largest absolute Gasteiger partial charge is 0.490 e. The molecule has 1 amide bonds. The van der Waals surface area contributed by atoms with Crippen LogP contribution in [-0.2, 0) is 4.79 Å². The van der Waals surface area contributed by atoms with Crippen molar-refractivity contribution in [2.45, 2.75) is 13.8 Å². The second kappa shape index (κ2) is 10.6. The highest BCUT2D eigenvalue weighted by Gasteiger charge is 2.31. The van der Waals surface area contributed by atoms with E-state index in [0.717, 1.165) is 11.3 Å². The van der Waals surface area contributed by atoms with Gasteiger partial charge in [-0.1, -0.05) is 59.3 Å². The highest BCUT2D eigenvalue weighted by molar-refractivity contribution is 8.26. The van der Waals surface area contributed by atoms with Crippen LogP contribution in [0.25, 0.3) is 6.08 Å². The Morgan fingerprint density at radius 3 is 2.58 bits per heavy atom. The Balaban J connectivity index is 1.74. The summed E-state index contributed by atoms with van der Waals surface area (Å²) in [5, 5.41) is 0.794. The van der Waals surface area contributed by atoms with Gasteiger partial charge in [-0.3, -0.25) is 9.69 Å². The number of hydrogen-bond acceptors (Lipinski definition) is 5. The number of carbonyl (C=O) groups is 1. The number of thiocarbonyl (C=S) groups is 1. The smallest absolute Gasteiger partial charge is 0.266 e. The molecule has 4 nitrogen and oxygen atoms in total. The molecule has 162 valence electrons. The molecular weight excluding hydrogens is 473 g/mol. The first-order valence-electron chi connectivity index (χ1n) is 9.48. The van der Waals surface area contributed by atoms with Gasteiger partial charge in [-0.2, -0.15) is 0 Å². The van der Waals surface area contributed by atoms with E-state index in [4.69, 9.17) is 44.9 Å². The third-order valence-electron chi connectivity index (χ3n) is 4.59. The van der Waals surface area contributed by atoms with Gasteiger partial charge in [0.15, 0.2) is 0 Å². The molecule has 1 heterocycles. The van der Waals surface area contributed by atoms with E-state index >= 15 is 0 Å². The minimum Gasteiger partial charge on any atom is -0.490 e. The number of ether oxygens (including phenoxy) is 2. The minimum atomic E-state index is -0.185. The van der Waals surface area contributed by atoms with Gasteiger partial charge in [-0.25, -0.2) is 0 Å². The number of hydrogen-bond donors (Lipinski definition) is 0. The zero-order valence-electron chi connectivity index (χ0n) is 17.1. The predicted molar refractivity (Wildman–Crippen MR) is 133 cm³/mol. The zero-order valence-corrected chi connectivity index (χ0v) is 20.3. The fourth-order valence-corrected chi connectivity index (χ4v) is 4.70. The molecule has 0 aromatic heterocycles. The van der Waals surface area contributed by atoms with E-state index in [1.54, 1.807) is 24.3 Å². The molecule has 1 aliphatic rings. The van der Waals surface area contributed by atoms with Crippen LogP contribution in [0.5, 0.6) is 11.5 Å². The van der Waals surface area contributed by atoms with E-state index in [0.29, 0.717) is 43.7 Å². The molecule has 0 radical (unpaired) electrons. The molecule has 0 aliphatic carbocycles. The molecule has 1 saturated heterocycles. The summed E-state index contributed by atoms with van der Waals surface area (Å²) in [6.07, 6.45) is 3.33. The molecule has 0 spiro atoms. The van der Waals surface area contributed by atoms with Gasteiger partial charge in [0.2, 0.25) is 0 Å². The molecule has 31 heavy (non-hydrogen) atoms. The van der Waals surface area contributed by atoms with Crippen molar-refractivity contribution in [3.63, 3.8) is 0 Å². The summed E-state index contributed by atoms with van der Waals surface area (Å²) in [4.78, 5) is 14.6. The van der Waals surface area contributed by atoms with Crippen LogP contribution in [0.2, 0.25) is 10.0 Å². The molecule has 0 atom stereocenters. The Morgan fingerprint density at radius 1 is 1.13 bits per heavy atom. The molecule has 1 fully saturated rings. The second-order valence-electron chi connectivity index (χ2n) is 6.83. The molecule has 0 bridgehead atoms. The number of thioether (sulfide) groups is 1. The monoisotopic (exact) mass is 493 g/mol. The molecule has 0 N–H and O–H groups in total. The average molecular weight is 494 g/mol. The Labute approximate surface area is 201 Å². The van der Waals surface area contributed by atoms with Crippen molar-refractivity contribution in [3.05, 3.63) is 74.6 Å². The Hall–Kier alpha value is -1.99. The van der Waals surface area contributed by atoms with E-state index in [2.05, 4.69) is 13.5 Å². The number of rotatable bonds is 8. The summed E-state index contributed by atoms with van der Waals surface area (Å²) in [5.74, 6) is 1.03. The second-order valence-corrected chi connectivity index (χ2v) is 9.35. The van der Waals surface area contributed by atoms with E-state index in [9.17, 15) is 4.79 Å². The molecular formula is C23H21Cl2NO3S2. The Kier molecular flexibility index (Phi) is 8.06. The number of nitrogens with zero attached hydrogens (tertiary/aromatic N) is 1. The maximum atomic E-state index is 12.6. The molecule has 2 aromatic rings. The van der Waals surface area contributed by atoms with E-state index < -0.39 is 0 Å². The van der Waals surface area contributed by atoms with Crippen LogP contribution >= 0.6 is 47.2 Å². The lowest BCUT2D eigenvalue weighted by molar-refractivity contribution is -0.121. The summed E-state index contributed by atoms with van der Waals surface area (Å²) in [6.45, 7) is 8.72. The van der Waals surface area contributed by atoms with E-state index in [-0.39, 0.29) is 12.5 Å². The van der Waals surface area contributed by atoms with Crippen molar-refractivity contribution in [2.75, 3.05) is 19.8 Å². The molecule has 0 unspecified atom stereocenters. The maximum Gasteiger partial charge on any atom is 0.266 e. The van der Waals surface area contributed by atoms with Crippen LogP contribution in [0.4, 0.5) is 0 Å². The molecule has 1 aliphatic heterocycles. The maximum absolute atomic E-state index is 12.6. The van der Waals surface area contributed by atoms with Crippen molar-refractivity contribution < 1.29 is 14.3 Å². The van der Waals surface area contributed by atoms with Gasteiger partial charge < -0.3 is 9.47 Å². The summed E-state index contributed by atoms with van der Waals surface area (Å²) in [5.41, 5.74) is 2.97. The van der Waals surface area contributed by atoms with Crippen LogP contribution in [0, 0.1) is 13.8 Å². The van der Waals surface area contributed by atoms with Gasteiger partial charge in [0.1, 0.15) is 29.0 Å². The highest BCUT2D eigenvalue weighted by Crippen LogP contribution is 2.38. The van der Waals surface area contributed by atoms with Crippen molar-refractivity contribution in [3.8, 4) is 11.5 Å². The number of aryl methyl sites for hydroxylation is 2. The van der Waals surface area contributed by atoms with Gasteiger partial charge in [-0.15, -0.1) is 6.58 Å². The molecule has 2 aromatic carbocycles. The van der Waals surface area contributed by atoms with Crippen molar-refractivity contribution in [1.29, 1.82) is 0 Å². The van der Waals surface area contributed by atoms with Gasteiger partial charge in [0.05, 0.1) is 9.93 Å². The predicted octanol–water partition coefficient (Wildman–Crippen LogP) is 6.46. The van der Waals surface area contributed by atoms with Crippen LogP contribution in [0.15, 0.2) is 47.9 Å². The standard InChI is InChI=1S/C23H21Cl2NO3S2/c1-4-7-26-22(27)20(31-23(26)30)12-16-11-17(24)13-19(25)21(16)29-9-8-28-18-6-5-14(2)15(3)10-18/h4-6,10-13H,1,7-9H2,2-3H3/b20-12-. The summed E-state index contributed by atoms with van der Waals surface area (Å²) < 4.78 is 12.2. The topological polar surface area (TPSA) is 38.8 Å². The first-order valence-corrected chi connectivity index (χ1v) is 11.5. The minimum absolute atomic E-state index is 0.185. The van der Waals surface area contributed by atoms with Crippen LogP contribution in [0.3, 0.4) is 0 Å². The summed E-state index contributed by atoms with van der Waals surface area (Å²) in [7, 11) is 0. The quantitative estimate of drug-likeness (QED) is 0.182. The van der Waals surface area contributed by atoms with Gasteiger partial charge in [0.25, 0.3) is 5.91 Å². The number of carbonyl (C=O) groups excluding carboxylic acids is 1. The molecule has 8 heteroatoms. The number of halogens is 2. The number of benzene rings is 2. The van der Waals surface area contributed by atoms with Gasteiger partial charge >= 0.3 is 0 Å². The van der Waals surface area contributed by atoms with Crippen molar-refractivity contribution >= 4 is 63.5 Å². The summed E-state index contributed by atoms with van der Waals surface area (Å²) in [6, 6.07) is 9.23. The SMILES string of the molecule is C=CCN1C(=O)/C(=C/c2cc(Cl)cc(Cl)c2OCCOc2ccc(C)c(C)c2)SC1=S. The lowest BCUT2D eigenvalue weighted by atomic mass is 10.1. The van der Waals surface area contributed by atoms with E-state index in [1.165, 1.54) is 22.2 Å². The fourth-order valence-electron chi connectivity index (χ4n) is 2.87. The zero-order chi connectivity index (χ0) is 22.5. The van der Waals surface area contributed by atoms with Crippen LogP contribution < -0.4 is 9.47 Å². The van der Waals surface area contributed by atoms with Crippen LogP contribution in [0.1, 0.15) is 16.7 Å². The van der Waals surface area contributed by atoms with Gasteiger partial charge in [-0.05, 0) is 55.3 Å². The molecule has 0 saturated carbocycles. The third kappa shape index (κ3) is 5.83. The van der Waals surface area contributed by atoms with Crippen LogP contribution in [-0.4, -0.2) is 34.9 Å². The Bertz CT molecular complexity index is 1070.